The number of rotatable bonds is 6. The molecule has 138 valence electrons. The fraction of sp³-hybridized carbons (Fsp3) is 0.611. The molecular weight excluding hydrogens is 327 g/mol. The summed E-state index contributed by atoms with van der Waals surface area (Å²) >= 11 is 0. The van der Waals surface area contributed by atoms with Crippen molar-refractivity contribution in [3.05, 3.63) is 39.7 Å². The molecule has 1 aliphatic rings. The van der Waals surface area contributed by atoms with E-state index in [0.717, 1.165) is 12.8 Å². The van der Waals surface area contributed by atoms with E-state index in [4.69, 9.17) is 4.74 Å². The third-order valence-corrected chi connectivity index (χ3v) is 4.90. The van der Waals surface area contributed by atoms with Crippen LogP contribution in [-0.4, -0.2) is 23.5 Å². The number of hydrogen-bond acceptors (Lipinski definition) is 5. The summed E-state index contributed by atoms with van der Waals surface area (Å²) in [4.78, 5) is 22.0. The van der Waals surface area contributed by atoms with Gasteiger partial charge >= 0.3 is 11.7 Å². The first kappa shape index (κ1) is 19.3. The van der Waals surface area contributed by atoms with Crippen LogP contribution in [0.2, 0.25) is 0 Å². The summed E-state index contributed by atoms with van der Waals surface area (Å²) < 4.78 is 18.9. The molecule has 0 amide bonds. The first-order valence-electron chi connectivity index (χ1n) is 8.66. The van der Waals surface area contributed by atoms with Crippen LogP contribution in [0.15, 0.2) is 18.2 Å². The molecule has 1 aromatic rings. The summed E-state index contributed by atoms with van der Waals surface area (Å²) in [6.07, 6.45) is 1.67. The minimum absolute atomic E-state index is 0.0881. The SMILES string of the molecule is CCOC(=O)C1C(C)CC(NCc2ccc([N+](=O)[O-])c(F)c2)CC1C. The summed E-state index contributed by atoms with van der Waals surface area (Å²) in [6, 6.07) is 4.16. The van der Waals surface area contributed by atoms with E-state index >= 15 is 0 Å². The number of carbonyl (C=O) groups excluding carboxylic acids is 1. The van der Waals surface area contributed by atoms with Gasteiger partial charge in [-0.05, 0) is 43.2 Å². The van der Waals surface area contributed by atoms with Crippen molar-refractivity contribution in [3.63, 3.8) is 0 Å². The van der Waals surface area contributed by atoms with Gasteiger partial charge in [0.2, 0.25) is 5.82 Å². The van der Waals surface area contributed by atoms with E-state index in [1.54, 1.807) is 6.07 Å². The topological polar surface area (TPSA) is 81.5 Å². The van der Waals surface area contributed by atoms with Gasteiger partial charge in [-0.3, -0.25) is 14.9 Å². The highest BCUT2D eigenvalue weighted by Crippen LogP contribution is 2.35. The second-order valence-corrected chi connectivity index (χ2v) is 6.82. The summed E-state index contributed by atoms with van der Waals surface area (Å²) in [7, 11) is 0. The van der Waals surface area contributed by atoms with E-state index in [1.165, 1.54) is 12.1 Å². The molecule has 1 N–H and O–H groups in total. The third-order valence-electron chi connectivity index (χ3n) is 4.90. The van der Waals surface area contributed by atoms with Gasteiger partial charge in [0.15, 0.2) is 0 Å². The zero-order valence-corrected chi connectivity index (χ0v) is 14.8. The minimum Gasteiger partial charge on any atom is -0.466 e. The summed E-state index contributed by atoms with van der Waals surface area (Å²) in [5.41, 5.74) is 0.150. The van der Waals surface area contributed by atoms with Crippen molar-refractivity contribution in [2.75, 3.05) is 6.61 Å². The van der Waals surface area contributed by atoms with Gasteiger partial charge in [-0.1, -0.05) is 19.9 Å². The zero-order chi connectivity index (χ0) is 18.6. The number of hydrogen-bond donors (Lipinski definition) is 1. The average molecular weight is 352 g/mol. The molecule has 1 fully saturated rings. The predicted molar refractivity (Wildman–Crippen MR) is 91.4 cm³/mol. The van der Waals surface area contributed by atoms with Gasteiger partial charge in [0.05, 0.1) is 17.4 Å². The lowest BCUT2D eigenvalue weighted by Gasteiger charge is -2.38. The number of nitro benzene ring substituents is 1. The van der Waals surface area contributed by atoms with E-state index in [1.807, 2.05) is 6.92 Å². The minimum atomic E-state index is -0.822. The van der Waals surface area contributed by atoms with Crippen LogP contribution < -0.4 is 5.32 Å². The van der Waals surface area contributed by atoms with Crippen molar-refractivity contribution >= 4 is 11.7 Å². The molecule has 0 spiro atoms. The van der Waals surface area contributed by atoms with Crippen LogP contribution in [0.5, 0.6) is 0 Å². The number of esters is 1. The Labute approximate surface area is 146 Å². The van der Waals surface area contributed by atoms with Crippen LogP contribution in [-0.2, 0) is 16.1 Å². The molecule has 7 heteroatoms. The number of nitrogens with one attached hydrogen (secondary N) is 1. The van der Waals surface area contributed by atoms with Gasteiger partial charge in [-0.25, -0.2) is 0 Å². The van der Waals surface area contributed by atoms with E-state index in [0.29, 0.717) is 18.7 Å². The second-order valence-electron chi connectivity index (χ2n) is 6.82. The van der Waals surface area contributed by atoms with E-state index in [-0.39, 0.29) is 29.8 Å². The van der Waals surface area contributed by atoms with E-state index in [9.17, 15) is 19.3 Å². The standard InChI is InChI=1S/C18H25FN2O4/c1-4-25-18(22)17-11(2)7-14(8-12(17)3)20-10-13-5-6-16(21(23)24)15(19)9-13/h5-6,9,11-12,14,17,20H,4,7-8,10H2,1-3H3. The Morgan fingerprint density at radius 3 is 2.52 bits per heavy atom. The summed E-state index contributed by atoms with van der Waals surface area (Å²) in [5.74, 6) is -0.631. The highest BCUT2D eigenvalue weighted by molar-refractivity contribution is 5.73. The normalized spacial score (nSPS) is 26.2. The fourth-order valence-corrected chi connectivity index (χ4v) is 3.79. The van der Waals surface area contributed by atoms with Gasteiger partial charge in [0.1, 0.15) is 0 Å². The van der Waals surface area contributed by atoms with Crippen LogP contribution in [0.3, 0.4) is 0 Å². The highest BCUT2D eigenvalue weighted by atomic mass is 19.1. The van der Waals surface area contributed by atoms with Gasteiger partial charge in [0, 0.05) is 18.7 Å². The Bertz CT molecular complexity index is 626. The van der Waals surface area contributed by atoms with Crippen LogP contribution in [0.25, 0.3) is 0 Å². The van der Waals surface area contributed by atoms with Crippen molar-refractivity contribution in [2.24, 2.45) is 17.8 Å². The fourth-order valence-electron chi connectivity index (χ4n) is 3.79. The third kappa shape index (κ3) is 4.75. The molecule has 25 heavy (non-hydrogen) atoms. The Hall–Kier alpha value is -2.02. The van der Waals surface area contributed by atoms with Crippen LogP contribution >= 0.6 is 0 Å². The smallest absolute Gasteiger partial charge is 0.309 e. The lowest BCUT2D eigenvalue weighted by Crippen LogP contribution is -2.43. The molecule has 0 bridgehead atoms. The van der Waals surface area contributed by atoms with Crippen molar-refractivity contribution in [3.8, 4) is 0 Å². The van der Waals surface area contributed by atoms with Gasteiger partial charge in [-0.2, -0.15) is 4.39 Å². The van der Waals surface area contributed by atoms with Crippen LogP contribution in [0.4, 0.5) is 10.1 Å². The monoisotopic (exact) mass is 352 g/mol. The molecule has 0 aromatic heterocycles. The number of benzene rings is 1. The van der Waals surface area contributed by atoms with E-state index in [2.05, 4.69) is 19.2 Å². The molecule has 6 nitrogen and oxygen atoms in total. The molecule has 2 unspecified atom stereocenters. The van der Waals surface area contributed by atoms with Gasteiger partial charge in [0.25, 0.3) is 0 Å². The van der Waals surface area contributed by atoms with Crippen molar-refractivity contribution in [1.82, 2.24) is 5.32 Å². The Morgan fingerprint density at radius 2 is 2.00 bits per heavy atom. The van der Waals surface area contributed by atoms with Crippen LogP contribution in [0, 0.1) is 33.7 Å². The highest BCUT2D eigenvalue weighted by Gasteiger charge is 2.38. The maximum absolute atomic E-state index is 13.7. The van der Waals surface area contributed by atoms with Crippen LogP contribution in [0.1, 0.15) is 39.2 Å². The van der Waals surface area contributed by atoms with Crippen molar-refractivity contribution in [1.29, 1.82) is 0 Å². The Balaban J connectivity index is 1.93. The predicted octanol–water partition coefficient (Wildman–Crippen LogP) is 3.44. The zero-order valence-electron chi connectivity index (χ0n) is 14.8. The first-order valence-corrected chi connectivity index (χ1v) is 8.66. The summed E-state index contributed by atoms with van der Waals surface area (Å²) in [5, 5.41) is 14.0. The number of halogens is 1. The lowest BCUT2D eigenvalue weighted by atomic mass is 9.71. The maximum Gasteiger partial charge on any atom is 0.309 e. The summed E-state index contributed by atoms with van der Waals surface area (Å²) in [6.45, 7) is 6.74. The Kier molecular flexibility index (Phi) is 6.47. The van der Waals surface area contributed by atoms with Crippen molar-refractivity contribution < 1.29 is 18.8 Å². The van der Waals surface area contributed by atoms with Gasteiger partial charge in [-0.15, -0.1) is 0 Å². The molecule has 0 saturated heterocycles. The average Bonchev–Trinajstić information content (AvgIpc) is 2.52. The molecule has 0 heterocycles. The largest absolute Gasteiger partial charge is 0.466 e. The number of ether oxygens (including phenoxy) is 1. The maximum atomic E-state index is 13.7. The molecule has 2 atom stereocenters. The number of nitro groups is 1. The molecule has 2 rings (SSSR count). The number of nitrogens with zero attached hydrogens (tertiary/aromatic N) is 1. The van der Waals surface area contributed by atoms with E-state index < -0.39 is 16.4 Å². The van der Waals surface area contributed by atoms with Crippen molar-refractivity contribution in [2.45, 2.75) is 46.2 Å². The first-order chi connectivity index (χ1) is 11.8. The molecule has 0 radical (unpaired) electrons. The molecule has 1 aromatic carbocycles. The quantitative estimate of drug-likeness (QED) is 0.482. The number of carbonyl (C=O) groups is 1. The molecule has 1 aliphatic carbocycles. The Morgan fingerprint density at radius 1 is 1.36 bits per heavy atom. The second kappa shape index (κ2) is 8.38. The molecule has 0 aliphatic heterocycles. The molecule has 1 saturated carbocycles. The molecular formula is C18H25FN2O4. The van der Waals surface area contributed by atoms with Gasteiger partial charge < -0.3 is 10.1 Å². The lowest BCUT2D eigenvalue weighted by molar-refractivity contribution is -0.387.